The van der Waals surface area contributed by atoms with Crippen LogP contribution in [0.5, 0.6) is 0 Å². The number of hydrogen-bond acceptors (Lipinski definition) is 2. The van der Waals surface area contributed by atoms with Crippen molar-refractivity contribution < 1.29 is 0 Å². The van der Waals surface area contributed by atoms with E-state index in [-0.39, 0.29) is 0 Å². The molecule has 0 radical (unpaired) electrons. The molecule has 3 nitrogen and oxygen atoms in total. The fraction of sp³-hybridized carbons (Fsp3) is 0.400. The zero-order chi connectivity index (χ0) is 12.2. The van der Waals surface area contributed by atoms with Gasteiger partial charge in [0.05, 0.1) is 11.9 Å². The first-order chi connectivity index (χ1) is 8.92. The van der Waals surface area contributed by atoms with Gasteiger partial charge in [-0.05, 0) is 49.9 Å². The minimum absolute atomic E-state index is 0.713. The number of benzene rings is 1. The van der Waals surface area contributed by atoms with Crippen LogP contribution in [-0.4, -0.2) is 22.4 Å². The van der Waals surface area contributed by atoms with Crippen LogP contribution in [0.4, 0.5) is 0 Å². The maximum atomic E-state index is 4.43. The Morgan fingerprint density at radius 1 is 1.28 bits per heavy atom. The van der Waals surface area contributed by atoms with Crippen molar-refractivity contribution in [1.29, 1.82) is 0 Å². The van der Waals surface area contributed by atoms with Crippen LogP contribution >= 0.6 is 0 Å². The van der Waals surface area contributed by atoms with E-state index in [4.69, 9.17) is 0 Å². The molecule has 1 saturated heterocycles. The molecule has 18 heavy (non-hydrogen) atoms. The largest absolute Gasteiger partial charge is 0.314 e. The Kier molecular flexibility index (Phi) is 3.42. The maximum Gasteiger partial charge on any atom is 0.0645 e. The number of aromatic nitrogens is 2. The van der Waals surface area contributed by atoms with Gasteiger partial charge in [-0.25, -0.2) is 4.68 Å². The van der Waals surface area contributed by atoms with E-state index in [1.54, 1.807) is 0 Å². The predicted octanol–water partition coefficient (Wildman–Crippen LogP) is 2.56. The first-order valence-electron chi connectivity index (χ1n) is 6.74. The van der Waals surface area contributed by atoms with Crippen LogP contribution < -0.4 is 5.32 Å². The van der Waals surface area contributed by atoms with Crippen molar-refractivity contribution >= 4 is 0 Å². The second-order valence-electron chi connectivity index (χ2n) is 4.96. The summed E-state index contributed by atoms with van der Waals surface area (Å²) in [6.45, 7) is 1.19. The van der Waals surface area contributed by atoms with Crippen LogP contribution in [-0.2, 0) is 6.42 Å². The summed E-state index contributed by atoms with van der Waals surface area (Å²) in [5.74, 6) is 0. The minimum Gasteiger partial charge on any atom is -0.314 e. The van der Waals surface area contributed by atoms with Gasteiger partial charge in [0.2, 0.25) is 0 Å². The van der Waals surface area contributed by atoms with Crippen LogP contribution in [0.15, 0.2) is 42.7 Å². The Morgan fingerprint density at radius 3 is 2.94 bits per heavy atom. The predicted molar refractivity (Wildman–Crippen MR) is 72.9 cm³/mol. The number of nitrogens with one attached hydrogen (secondary N) is 1. The van der Waals surface area contributed by atoms with Gasteiger partial charge in [-0.1, -0.05) is 18.2 Å². The van der Waals surface area contributed by atoms with Crippen molar-refractivity contribution in [2.75, 3.05) is 6.54 Å². The number of hydrogen-bond donors (Lipinski definition) is 1. The van der Waals surface area contributed by atoms with Gasteiger partial charge in [-0.3, -0.25) is 0 Å². The summed E-state index contributed by atoms with van der Waals surface area (Å²) in [7, 11) is 0. The van der Waals surface area contributed by atoms with Gasteiger partial charge in [0.1, 0.15) is 0 Å². The lowest BCUT2D eigenvalue weighted by atomic mass is 10.1. The summed E-state index contributed by atoms with van der Waals surface area (Å²) in [4.78, 5) is 0. The third-order valence-electron chi connectivity index (χ3n) is 3.60. The Bertz CT molecular complexity index is 483. The second kappa shape index (κ2) is 5.36. The standard InChI is InChI=1S/C15H19N3/c1-2-6-15(7-3-1)18-12-13(11-17-18)8-9-14-5-4-10-16-14/h1-3,6-7,11-12,14,16H,4-5,8-10H2. The van der Waals surface area contributed by atoms with Gasteiger partial charge >= 0.3 is 0 Å². The summed E-state index contributed by atoms with van der Waals surface area (Å²) < 4.78 is 1.96. The van der Waals surface area contributed by atoms with Crippen LogP contribution in [0.3, 0.4) is 0 Å². The van der Waals surface area contributed by atoms with Crippen LogP contribution in [0.2, 0.25) is 0 Å². The van der Waals surface area contributed by atoms with E-state index in [0.29, 0.717) is 6.04 Å². The lowest BCUT2D eigenvalue weighted by Crippen LogP contribution is -2.21. The highest BCUT2D eigenvalue weighted by molar-refractivity contribution is 5.30. The monoisotopic (exact) mass is 241 g/mol. The normalized spacial score (nSPS) is 19.2. The summed E-state index contributed by atoms with van der Waals surface area (Å²) in [6.07, 6.45) is 9.12. The molecule has 1 aliphatic rings. The summed E-state index contributed by atoms with van der Waals surface area (Å²) >= 11 is 0. The highest BCUT2D eigenvalue weighted by Crippen LogP contribution is 2.14. The van der Waals surface area contributed by atoms with E-state index in [0.717, 1.165) is 12.1 Å². The van der Waals surface area contributed by atoms with Gasteiger partial charge in [0, 0.05) is 12.2 Å². The number of nitrogens with zero attached hydrogens (tertiary/aromatic N) is 2. The van der Waals surface area contributed by atoms with E-state index < -0.39 is 0 Å². The van der Waals surface area contributed by atoms with Crippen molar-refractivity contribution in [1.82, 2.24) is 15.1 Å². The summed E-state index contributed by atoms with van der Waals surface area (Å²) in [5.41, 5.74) is 2.45. The van der Waals surface area contributed by atoms with E-state index in [9.17, 15) is 0 Å². The first kappa shape index (κ1) is 11.5. The van der Waals surface area contributed by atoms with Gasteiger partial charge in [0.25, 0.3) is 0 Å². The van der Waals surface area contributed by atoms with Crippen LogP contribution in [0.1, 0.15) is 24.8 Å². The van der Waals surface area contributed by atoms with Crippen LogP contribution in [0.25, 0.3) is 5.69 Å². The highest BCUT2D eigenvalue weighted by atomic mass is 15.3. The minimum atomic E-state index is 0.713. The molecule has 1 N–H and O–H groups in total. The molecule has 0 aliphatic carbocycles. The molecule has 2 aromatic rings. The van der Waals surface area contributed by atoms with Gasteiger partial charge in [-0.2, -0.15) is 5.10 Å². The Balaban J connectivity index is 1.63. The van der Waals surface area contributed by atoms with Crippen molar-refractivity contribution in [3.63, 3.8) is 0 Å². The molecular weight excluding hydrogens is 222 g/mol. The molecule has 3 rings (SSSR count). The van der Waals surface area contributed by atoms with Crippen molar-refractivity contribution in [3.8, 4) is 5.69 Å². The van der Waals surface area contributed by atoms with E-state index >= 15 is 0 Å². The molecule has 1 aromatic carbocycles. The number of rotatable bonds is 4. The van der Waals surface area contributed by atoms with Gasteiger partial charge < -0.3 is 5.32 Å². The van der Waals surface area contributed by atoms with Gasteiger partial charge in [-0.15, -0.1) is 0 Å². The quantitative estimate of drug-likeness (QED) is 0.891. The summed E-state index contributed by atoms with van der Waals surface area (Å²) in [5, 5.41) is 7.97. The molecule has 94 valence electrons. The molecule has 0 spiro atoms. The lowest BCUT2D eigenvalue weighted by molar-refractivity contribution is 0.559. The van der Waals surface area contributed by atoms with E-state index in [2.05, 4.69) is 28.7 Å². The first-order valence-corrected chi connectivity index (χ1v) is 6.74. The molecule has 1 fully saturated rings. The summed E-state index contributed by atoms with van der Waals surface area (Å²) in [6, 6.07) is 11.0. The fourth-order valence-electron chi connectivity index (χ4n) is 2.56. The van der Waals surface area contributed by atoms with Crippen molar-refractivity contribution in [3.05, 3.63) is 48.3 Å². The Hall–Kier alpha value is -1.61. The Morgan fingerprint density at radius 2 is 2.17 bits per heavy atom. The van der Waals surface area contributed by atoms with Gasteiger partial charge in [0.15, 0.2) is 0 Å². The van der Waals surface area contributed by atoms with Crippen molar-refractivity contribution in [2.45, 2.75) is 31.7 Å². The molecule has 0 saturated carbocycles. The topological polar surface area (TPSA) is 29.9 Å². The zero-order valence-electron chi connectivity index (χ0n) is 10.5. The SMILES string of the molecule is c1ccc(-n2cc(CCC3CCCN3)cn2)cc1. The smallest absolute Gasteiger partial charge is 0.0645 e. The second-order valence-corrected chi connectivity index (χ2v) is 4.96. The third-order valence-corrected chi connectivity index (χ3v) is 3.60. The number of aryl methyl sites for hydroxylation is 1. The maximum absolute atomic E-state index is 4.43. The Labute approximate surface area is 108 Å². The number of para-hydroxylation sites is 1. The molecular formula is C15H19N3. The molecule has 1 atom stereocenters. The molecule has 1 aliphatic heterocycles. The molecule has 3 heteroatoms. The molecule has 0 amide bonds. The molecule has 2 heterocycles. The highest BCUT2D eigenvalue weighted by Gasteiger charge is 2.13. The van der Waals surface area contributed by atoms with Crippen LogP contribution in [0, 0.1) is 0 Å². The molecule has 1 aromatic heterocycles. The fourth-order valence-corrected chi connectivity index (χ4v) is 2.56. The van der Waals surface area contributed by atoms with Crippen molar-refractivity contribution in [2.24, 2.45) is 0 Å². The van der Waals surface area contributed by atoms with E-state index in [1.165, 1.54) is 31.4 Å². The molecule has 0 bridgehead atoms. The zero-order valence-corrected chi connectivity index (χ0v) is 10.5. The van der Waals surface area contributed by atoms with E-state index in [1.807, 2.05) is 29.1 Å². The average Bonchev–Trinajstić information content (AvgIpc) is 3.09. The lowest BCUT2D eigenvalue weighted by Gasteiger charge is -2.07. The third kappa shape index (κ3) is 2.62. The molecule has 1 unspecified atom stereocenters. The average molecular weight is 241 g/mol.